The molecule has 7 heteroatoms. The Bertz CT molecular complexity index is 862. The number of nitrogens with one attached hydrogen (secondary N) is 2. The zero-order chi connectivity index (χ0) is 15.1. The molecule has 0 saturated heterocycles. The lowest BCUT2D eigenvalue weighted by atomic mass is 10.3. The van der Waals surface area contributed by atoms with Crippen LogP contribution in [0.4, 0.5) is 11.5 Å². The Morgan fingerprint density at radius 1 is 1.41 bits per heavy atom. The quantitative estimate of drug-likeness (QED) is 0.757. The molecule has 0 bridgehead atoms. The summed E-state index contributed by atoms with van der Waals surface area (Å²) < 4.78 is 3.77. The fourth-order valence-corrected chi connectivity index (χ4v) is 2.71. The maximum Gasteiger partial charge on any atom is 0.276 e. The van der Waals surface area contributed by atoms with Gasteiger partial charge in [-0.3, -0.25) is 4.79 Å². The van der Waals surface area contributed by atoms with Crippen LogP contribution in [0.25, 0.3) is 5.65 Å². The summed E-state index contributed by atoms with van der Waals surface area (Å²) in [5, 5.41) is 10.4. The van der Waals surface area contributed by atoms with Gasteiger partial charge in [0.15, 0.2) is 0 Å². The molecule has 1 amide bonds. The number of rotatable bonds is 2. The van der Waals surface area contributed by atoms with Crippen LogP contribution >= 0.6 is 0 Å². The zero-order valence-electron chi connectivity index (χ0n) is 12.2. The molecule has 0 atom stereocenters. The lowest BCUT2D eigenvalue weighted by Gasteiger charge is -2.16. The molecule has 2 N–H and O–H groups in total. The predicted molar refractivity (Wildman–Crippen MR) is 83.2 cm³/mol. The van der Waals surface area contributed by atoms with E-state index in [0.717, 1.165) is 36.7 Å². The number of aromatic nitrogens is 4. The van der Waals surface area contributed by atoms with Gasteiger partial charge in [0.1, 0.15) is 22.8 Å². The van der Waals surface area contributed by atoms with Crippen molar-refractivity contribution in [2.45, 2.75) is 19.9 Å². The number of amides is 1. The lowest BCUT2D eigenvalue weighted by Crippen LogP contribution is -2.19. The minimum atomic E-state index is -0.230. The van der Waals surface area contributed by atoms with Crippen molar-refractivity contribution in [1.82, 2.24) is 19.2 Å². The van der Waals surface area contributed by atoms with E-state index >= 15 is 0 Å². The normalized spacial score (nSPS) is 13.7. The topological polar surface area (TPSA) is 76.2 Å². The number of hydrogen-bond donors (Lipinski definition) is 2. The van der Waals surface area contributed by atoms with E-state index in [-0.39, 0.29) is 5.91 Å². The monoisotopic (exact) mass is 296 g/mol. The van der Waals surface area contributed by atoms with Gasteiger partial charge in [0.2, 0.25) is 0 Å². The van der Waals surface area contributed by atoms with Crippen LogP contribution in [0.15, 0.2) is 30.6 Å². The van der Waals surface area contributed by atoms with Crippen molar-refractivity contribution in [2.24, 2.45) is 0 Å². The number of carbonyl (C=O) groups is 1. The van der Waals surface area contributed by atoms with Gasteiger partial charge >= 0.3 is 0 Å². The smallest absolute Gasteiger partial charge is 0.276 e. The third-order valence-corrected chi connectivity index (χ3v) is 3.86. The third-order valence-electron chi connectivity index (χ3n) is 3.86. The number of hydrogen-bond acceptors (Lipinski definition) is 4. The Kier molecular flexibility index (Phi) is 2.85. The first-order valence-electron chi connectivity index (χ1n) is 7.28. The fraction of sp³-hybridized carbons (Fsp3) is 0.267. The van der Waals surface area contributed by atoms with Crippen molar-refractivity contribution < 1.29 is 4.79 Å². The standard InChI is InChI=1S/C15H16N6O/c1-10-4-2-5-13-18-12(9-20(10)13)15(22)19-11-8-17-21-7-3-6-16-14(11)21/h2,4-5,8-9,16H,3,6-7H2,1H3,(H,19,22). The summed E-state index contributed by atoms with van der Waals surface area (Å²) >= 11 is 0. The van der Waals surface area contributed by atoms with Crippen LogP contribution in [0.5, 0.6) is 0 Å². The first kappa shape index (κ1) is 12.9. The minimum Gasteiger partial charge on any atom is -0.368 e. The summed E-state index contributed by atoms with van der Waals surface area (Å²) in [6, 6.07) is 5.79. The van der Waals surface area contributed by atoms with Crippen LogP contribution in [0.2, 0.25) is 0 Å². The molecule has 7 nitrogen and oxygen atoms in total. The number of pyridine rings is 1. The second-order valence-electron chi connectivity index (χ2n) is 5.39. The zero-order valence-corrected chi connectivity index (χ0v) is 12.2. The van der Waals surface area contributed by atoms with Crippen LogP contribution in [0.3, 0.4) is 0 Å². The van der Waals surface area contributed by atoms with Gasteiger partial charge in [-0.1, -0.05) is 6.07 Å². The first-order valence-corrected chi connectivity index (χ1v) is 7.28. The Balaban J connectivity index is 1.63. The molecule has 3 aromatic heterocycles. The van der Waals surface area contributed by atoms with E-state index in [0.29, 0.717) is 11.4 Å². The van der Waals surface area contributed by atoms with Gasteiger partial charge in [0.05, 0.1) is 6.20 Å². The second-order valence-corrected chi connectivity index (χ2v) is 5.39. The van der Waals surface area contributed by atoms with Crippen molar-refractivity contribution in [1.29, 1.82) is 0 Å². The molecule has 0 unspecified atom stereocenters. The number of anilines is 2. The Hall–Kier alpha value is -2.83. The largest absolute Gasteiger partial charge is 0.368 e. The van der Waals surface area contributed by atoms with Crippen molar-refractivity contribution in [3.05, 3.63) is 42.0 Å². The van der Waals surface area contributed by atoms with Gasteiger partial charge in [-0.15, -0.1) is 0 Å². The van der Waals surface area contributed by atoms with Gasteiger partial charge in [0.25, 0.3) is 5.91 Å². The van der Waals surface area contributed by atoms with Gasteiger partial charge in [-0.2, -0.15) is 5.10 Å². The highest BCUT2D eigenvalue weighted by molar-refractivity contribution is 6.04. The Labute approximate surface area is 127 Å². The van der Waals surface area contributed by atoms with Gasteiger partial charge in [-0.05, 0) is 25.5 Å². The average molecular weight is 296 g/mol. The third kappa shape index (κ3) is 2.02. The van der Waals surface area contributed by atoms with E-state index in [1.165, 1.54) is 0 Å². The number of nitrogens with zero attached hydrogens (tertiary/aromatic N) is 4. The summed E-state index contributed by atoms with van der Waals surface area (Å²) in [6.07, 6.45) is 4.46. The molecule has 4 rings (SSSR count). The van der Waals surface area contributed by atoms with Crippen molar-refractivity contribution in [3.8, 4) is 0 Å². The van der Waals surface area contributed by atoms with Crippen LogP contribution in [-0.4, -0.2) is 31.6 Å². The molecule has 0 saturated carbocycles. The summed E-state index contributed by atoms with van der Waals surface area (Å²) in [5.74, 6) is 0.630. The van der Waals surface area contributed by atoms with Crippen molar-refractivity contribution >= 4 is 23.1 Å². The number of fused-ring (bicyclic) bond motifs is 2. The van der Waals surface area contributed by atoms with E-state index < -0.39 is 0 Å². The SMILES string of the molecule is Cc1cccc2nc(C(=O)Nc3cnn4c3NCCC4)cn12. The first-order chi connectivity index (χ1) is 10.7. The van der Waals surface area contributed by atoms with E-state index in [2.05, 4.69) is 20.7 Å². The average Bonchev–Trinajstić information content (AvgIpc) is 3.13. The van der Waals surface area contributed by atoms with Gasteiger partial charge < -0.3 is 15.0 Å². The molecule has 4 heterocycles. The van der Waals surface area contributed by atoms with E-state index in [1.807, 2.05) is 34.2 Å². The number of imidazole rings is 1. The lowest BCUT2D eigenvalue weighted by molar-refractivity contribution is 0.102. The highest BCUT2D eigenvalue weighted by Gasteiger charge is 2.18. The molecule has 0 fully saturated rings. The summed E-state index contributed by atoms with van der Waals surface area (Å²) in [7, 11) is 0. The molecule has 1 aliphatic heterocycles. The molecular formula is C15H16N6O. The minimum absolute atomic E-state index is 0.230. The van der Waals surface area contributed by atoms with E-state index in [1.54, 1.807) is 12.4 Å². The molecular weight excluding hydrogens is 280 g/mol. The fourth-order valence-electron chi connectivity index (χ4n) is 2.71. The van der Waals surface area contributed by atoms with Crippen LogP contribution in [-0.2, 0) is 6.54 Å². The molecule has 1 aliphatic rings. The van der Waals surface area contributed by atoms with E-state index in [9.17, 15) is 4.79 Å². The summed E-state index contributed by atoms with van der Waals surface area (Å²) in [5.41, 5.74) is 2.89. The molecule has 0 radical (unpaired) electrons. The molecule has 0 spiro atoms. The molecule has 0 aromatic carbocycles. The van der Waals surface area contributed by atoms with Crippen LogP contribution in [0.1, 0.15) is 22.6 Å². The van der Waals surface area contributed by atoms with Crippen molar-refractivity contribution in [2.75, 3.05) is 17.2 Å². The summed E-state index contributed by atoms with van der Waals surface area (Å²) in [4.78, 5) is 16.8. The van der Waals surface area contributed by atoms with Gasteiger partial charge in [-0.25, -0.2) is 9.67 Å². The van der Waals surface area contributed by atoms with Crippen LogP contribution < -0.4 is 10.6 Å². The number of aryl methyl sites for hydroxylation is 2. The summed E-state index contributed by atoms with van der Waals surface area (Å²) in [6.45, 7) is 3.74. The molecule has 0 aliphatic carbocycles. The molecule has 22 heavy (non-hydrogen) atoms. The molecule has 3 aromatic rings. The van der Waals surface area contributed by atoms with Crippen LogP contribution in [0, 0.1) is 6.92 Å². The second kappa shape index (κ2) is 4.87. The van der Waals surface area contributed by atoms with E-state index in [4.69, 9.17) is 0 Å². The maximum absolute atomic E-state index is 12.4. The maximum atomic E-state index is 12.4. The van der Waals surface area contributed by atoms with Gasteiger partial charge in [0, 0.05) is 25.0 Å². The molecule has 112 valence electrons. The van der Waals surface area contributed by atoms with Crippen molar-refractivity contribution in [3.63, 3.8) is 0 Å². The highest BCUT2D eigenvalue weighted by Crippen LogP contribution is 2.24. The predicted octanol–water partition coefficient (Wildman–Crippen LogP) is 1.91. The Morgan fingerprint density at radius 2 is 2.32 bits per heavy atom. The number of carbonyl (C=O) groups excluding carboxylic acids is 1. The highest BCUT2D eigenvalue weighted by atomic mass is 16.1. The Morgan fingerprint density at radius 3 is 3.18 bits per heavy atom.